The molecule has 0 aliphatic carbocycles. The number of hydrogen-bond donors (Lipinski definition) is 0. The Kier molecular flexibility index (Phi) is 5.14. The maximum atomic E-state index is 10.4. The van der Waals surface area contributed by atoms with E-state index >= 15 is 0 Å². The Morgan fingerprint density at radius 3 is 3.00 bits per heavy atom. The summed E-state index contributed by atoms with van der Waals surface area (Å²) in [6.07, 6.45) is 1.71. The Labute approximate surface area is 95.0 Å². The zero-order valence-corrected chi connectivity index (χ0v) is 9.73. The van der Waals surface area contributed by atoms with Crippen LogP contribution in [0.1, 0.15) is 6.92 Å². The van der Waals surface area contributed by atoms with Crippen LogP contribution >= 0.6 is 33.2 Å². The molecule has 0 fully saturated rings. The van der Waals surface area contributed by atoms with Crippen molar-refractivity contribution >= 4 is 38.6 Å². The summed E-state index contributed by atoms with van der Waals surface area (Å²) >= 11 is 5.06. The molecule has 76 valence electrons. The highest BCUT2D eigenvalue weighted by molar-refractivity contribution is 8.76. The quantitative estimate of drug-likeness (QED) is 0.464. The van der Waals surface area contributed by atoms with Crippen molar-refractivity contribution in [2.75, 3.05) is 0 Å². The number of nitrogens with zero attached hydrogens (tertiary/aromatic N) is 1. The summed E-state index contributed by atoms with van der Waals surface area (Å²) in [4.78, 5) is 14.5. The first-order valence-electron chi connectivity index (χ1n) is 3.79. The fourth-order valence-corrected chi connectivity index (χ4v) is 2.56. The monoisotopic (exact) mass is 249 g/mol. The Balaban J connectivity index is 2.30. The summed E-state index contributed by atoms with van der Waals surface area (Å²) < 4.78 is 4.71. The van der Waals surface area contributed by atoms with Crippen LogP contribution in [0.2, 0.25) is 0 Å². The zero-order valence-electron chi connectivity index (χ0n) is 7.34. The molecule has 0 saturated carbocycles. The molecule has 3 nitrogen and oxygen atoms in total. The molecule has 0 radical (unpaired) electrons. The Morgan fingerprint density at radius 1 is 1.64 bits per heavy atom. The lowest BCUT2D eigenvalue weighted by Gasteiger charge is -2.08. The van der Waals surface area contributed by atoms with Crippen LogP contribution in [0.25, 0.3) is 0 Å². The number of halogens is 1. The van der Waals surface area contributed by atoms with E-state index in [1.165, 1.54) is 21.6 Å². The summed E-state index contributed by atoms with van der Waals surface area (Å²) in [6.45, 7) is 1.75. The maximum absolute atomic E-state index is 10.4. The largest absolute Gasteiger partial charge is 0.439 e. The molecule has 1 unspecified atom stereocenters. The summed E-state index contributed by atoms with van der Waals surface area (Å²) in [5.74, 6) is 0. The standard InChI is InChI=1S/C8H8ClNO2S2/c1-6(12-8(9)11)13-14-7-4-2-3-5-10-7/h2-6H,1H3. The third-order valence-electron chi connectivity index (χ3n) is 1.17. The number of rotatable bonds is 4. The number of pyridine rings is 1. The second-order valence-electron chi connectivity index (χ2n) is 2.27. The minimum absolute atomic E-state index is 0.285. The number of carbonyl (C=O) groups excluding carboxylic acids is 1. The van der Waals surface area contributed by atoms with Crippen molar-refractivity contribution in [2.24, 2.45) is 0 Å². The Hall–Kier alpha value is -0.390. The summed E-state index contributed by atoms with van der Waals surface area (Å²) in [5.41, 5.74) is -1.07. The van der Waals surface area contributed by atoms with Gasteiger partial charge >= 0.3 is 5.43 Å². The third kappa shape index (κ3) is 4.74. The lowest BCUT2D eigenvalue weighted by Crippen LogP contribution is -2.03. The summed E-state index contributed by atoms with van der Waals surface area (Å²) in [6, 6.07) is 5.62. The van der Waals surface area contributed by atoms with E-state index in [4.69, 9.17) is 16.3 Å². The molecule has 1 heterocycles. The minimum atomic E-state index is -0.786. The van der Waals surface area contributed by atoms with E-state index in [0.717, 1.165) is 5.03 Å². The molecule has 0 aliphatic rings. The van der Waals surface area contributed by atoms with Gasteiger partial charge in [0.15, 0.2) is 5.44 Å². The fourth-order valence-electron chi connectivity index (χ4n) is 0.664. The first-order valence-corrected chi connectivity index (χ1v) is 6.38. The van der Waals surface area contributed by atoms with Gasteiger partial charge in [-0.25, -0.2) is 9.78 Å². The fraction of sp³-hybridized carbons (Fsp3) is 0.250. The smallest absolute Gasteiger partial charge is 0.404 e. The van der Waals surface area contributed by atoms with Crippen LogP contribution in [-0.4, -0.2) is 15.8 Å². The van der Waals surface area contributed by atoms with Gasteiger partial charge in [0.2, 0.25) is 0 Å². The molecule has 0 bridgehead atoms. The lowest BCUT2D eigenvalue weighted by atomic mass is 10.5. The Bertz CT molecular complexity index is 297. The highest BCUT2D eigenvalue weighted by Crippen LogP contribution is 2.33. The number of ether oxygens (including phenoxy) is 1. The number of hydrogen-bond acceptors (Lipinski definition) is 5. The highest BCUT2D eigenvalue weighted by Gasteiger charge is 2.08. The van der Waals surface area contributed by atoms with Gasteiger partial charge in [-0.2, -0.15) is 0 Å². The second-order valence-corrected chi connectivity index (χ2v) is 5.10. The van der Waals surface area contributed by atoms with Crippen LogP contribution in [0.15, 0.2) is 29.4 Å². The molecular weight excluding hydrogens is 242 g/mol. The van der Waals surface area contributed by atoms with Gasteiger partial charge in [0, 0.05) is 17.8 Å². The topological polar surface area (TPSA) is 39.2 Å². The van der Waals surface area contributed by atoms with Crippen molar-refractivity contribution < 1.29 is 9.53 Å². The maximum Gasteiger partial charge on any atom is 0.404 e. The first kappa shape index (κ1) is 11.7. The molecule has 0 N–H and O–H groups in total. The van der Waals surface area contributed by atoms with E-state index in [0.29, 0.717) is 0 Å². The molecular formula is C8H8ClNO2S2. The SMILES string of the molecule is CC(OC(=O)Cl)SSc1ccccn1. The zero-order chi connectivity index (χ0) is 10.4. The third-order valence-corrected chi connectivity index (χ3v) is 3.74. The molecule has 1 aromatic rings. The summed E-state index contributed by atoms with van der Waals surface area (Å²) in [7, 11) is 2.82. The van der Waals surface area contributed by atoms with Crippen LogP contribution in [0, 0.1) is 0 Å². The molecule has 6 heteroatoms. The van der Waals surface area contributed by atoms with Crippen LogP contribution in [0.4, 0.5) is 4.79 Å². The van der Waals surface area contributed by atoms with E-state index in [1.54, 1.807) is 13.1 Å². The van der Waals surface area contributed by atoms with Gasteiger partial charge in [-0.1, -0.05) is 6.07 Å². The van der Waals surface area contributed by atoms with E-state index in [2.05, 4.69) is 4.98 Å². The van der Waals surface area contributed by atoms with Crippen LogP contribution in [0.5, 0.6) is 0 Å². The molecule has 0 aliphatic heterocycles. The van der Waals surface area contributed by atoms with Crippen molar-refractivity contribution in [2.45, 2.75) is 17.4 Å². The molecule has 0 saturated heterocycles. The van der Waals surface area contributed by atoms with Crippen molar-refractivity contribution in [1.29, 1.82) is 0 Å². The highest BCUT2D eigenvalue weighted by atomic mass is 35.5. The first-order chi connectivity index (χ1) is 6.68. The normalized spacial score (nSPS) is 12.1. The van der Waals surface area contributed by atoms with Gasteiger partial charge in [-0.05, 0) is 40.6 Å². The predicted molar refractivity (Wildman–Crippen MR) is 59.5 cm³/mol. The van der Waals surface area contributed by atoms with Crippen LogP contribution in [0.3, 0.4) is 0 Å². The van der Waals surface area contributed by atoms with Gasteiger partial charge in [0.05, 0.1) is 0 Å². The van der Waals surface area contributed by atoms with Crippen molar-refractivity contribution in [1.82, 2.24) is 4.98 Å². The minimum Gasteiger partial charge on any atom is -0.439 e. The van der Waals surface area contributed by atoms with E-state index < -0.39 is 5.43 Å². The van der Waals surface area contributed by atoms with Crippen LogP contribution < -0.4 is 0 Å². The van der Waals surface area contributed by atoms with Gasteiger partial charge in [-0.15, -0.1) is 0 Å². The van der Waals surface area contributed by atoms with Gasteiger partial charge in [0.1, 0.15) is 5.03 Å². The van der Waals surface area contributed by atoms with Crippen molar-refractivity contribution in [3.63, 3.8) is 0 Å². The molecule has 1 atom stereocenters. The van der Waals surface area contributed by atoms with E-state index in [-0.39, 0.29) is 5.44 Å². The predicted octanol–water partition coefficient (Wildman–Crippen LogP) is 3.54. The molecule has 1 aromatic heterocycles. The van der Waals surface area contributed by atoms with Crippen molar-refractivity contribution in [3.05, 3.63) is 24.4 Å². The second kappa shape index (κ2) is 6.16. The lowest BCUT2D eigenvalue weighted by molar-refractivity contribution is 0.169. The van der Waals surface area contributed by atoms with Gasteiger partial charge in [-0.3, -0.25) is 0 Å². The summed E-state index contributed by atoms with van der Waals surface area (Å²) in [5, 5.41) is 0.870. The average molecular weight is 250 g/mol. The van der Waals surface area contributed by atoms with Crippen molar-refractivity contribution in [3.8, 4) is 0 Å². The number of carbonyl (C=O) groups is 1. The van der Waals surface area contributed by atoms with Gasteiger partial charge in [0.25, 0.3) is 0 Å². The van der Waals surface area contributed by atoms with Gasteiger partial charge < -0.3 is 4.74 Å². The van der Waals surface area contributed by atoms with E-state index in [1.807, 2.05) is 18.2 Å². The molecule has 0 aromatic carbocycles. The van der Waals surface area contributed by atoms with Crippen LogP contribution in [-0.2, 0) is 4.74 Å². The van der Waals surface area contributed by atoms with E-state index in [9.17, 15) is 4.79 Å². The average Bonchev–Trinajstić information content (AvgIpc) is 2.15. The molecule has 0 amide bonds. The number of aromatic nitrogens is 1. The molecule has 14 heavy (non-hydrogen) atoms. The molecule has 0 spiro atoms. The Morgan fingerprint density at radius 2 is 2.43 bits per heavy atom. The molecule has 1 rings (SSSR count).